The Morgan fingerprint density at radius 2 is 1.75 bits per heavy atom. The van der Waals surface area contributed by atoms with Crippen molar-refractivity contribution in [1.82, 2.24) is 4.98 Å². The molecule has 164 valence electrons. The molecule has 2 heterocycles. The van der Waals surface area contributed by atoms with Gasteiger partial charge in [-0.15, -0.1) is 11.8 Å². The molecule has 0 fully saturated rings. The van der Waals surface area contributed by atoms with Crippen LogP contribution in [0.15, 0.2) is 75.4 Å². The number of nitrogens with one attached hydrogen (secondary N) is 4. The average Bonchev–Trinajstić information content (AvgIpc) is 2.74. The molecule has 1 atom stereocenters. The molecule has 0 spiro atoms. The summed E-state index contributed by atoms with van der Waals surface area (Å²) in [6.07, 6.45) is 1.34. The lowest BCUT2D eigenvalue weighted by Gasteiger charge is -2.21. The maximum atomic E-state index is 12.6. The Morgan fingerprint density at radius 1 is 1.00 bits per heavy atom. The van der Waals surface area contributed by atoms with Crippen molar-refractivity contribution in [1.29, 1.82) is 0 Å². The Labute approximate surface area is 187 Å². The fraction of sp³-hybridized carbons (Fsp3) is 0.0952. The number of aromatic nitrogens is 1. The summed E-state index contributed by atoms with van der Waals surface area (Å²) in [5.74, 6) is -0.520. The van der Waals surface area contributed by atoms with Gasteiger partial charge in [0, 0.05) is 28.4 Å². The van der Waals surface area contributed by atoms with Crippen molar-refractivity contribution in [3.8, 4) is 0 Å². The van der Waals surface area contributed by atoms with Crippen LogP contribution in [0.4, 0.5) is 17.1 Å². The number of pyridine rings is 1. The maximum Gasteiger partial charge on any atom is 0.261 e. The highest BCUT2D eigenvalue weighted by atomic mass is 32.2. The molecule has 0 saturated heterocycles. The topological polar surface area (TPSA) is 137 Å². The van der Waals surface area contributed by atoms with Crippen LogP contribution in [0.3, 0.4) is 0 Å². The number of hydrogen-bond donors (Lipinski definition) is 4. The number of anilines is 3. The summed E-state index contributed by atoms with van der Waals surface area (Å²) in [7, 11) is -3.91. The molecule has 1 aromatic heterocycles. The summed E-state index contributed by atoms with van der Waals surface area (Å²) >= 11 is 1.42. The fourth-order valence-corrected chi connectivity index (χ4v) is 4.97. The van der Waals surface area contributed by atoms with Crippen LogP contribution >= 0.6 is 11.8 Å². The van der Waals surface area contributed by atoms with Gasteiger partial charge in [-0.2, -0.15) is 0 Å². The van der Waals surface area contributed by atoms with Gasteiger partial charge >= 0.3 is 0 Å². The number of H-pyrrole nitrogens is 1. The summed E-state index contributed by atoms with van der Waals surface area (Å²) in [5, 5.41) is 5.28. The van der Waals surface area contributed by atoms with Crippen molar-refractivity contribution in [2.75, 3.05) is 15.4 Å². The van der Waals surface area contributed by atoms with Gasteiger partial charge in [0.25, 0.3) is 15.9 Å². The van der Waals surface area contributed by atoms with Crippen LogP contribution in [0.2, 0.25) is 0 Å². The Hall–Kier alpha value is -3.57. The van der Waals surface area contributed by atoms with Gasteiger partial charge in [0.05, 0.1) is 21.5 Å². The Kier molecular flexibility index (Phi) is 5.76. The van der Waals surface area contributed by atoms with Crippen LogP contribution in [0.5, 0.6) is 0 Å². The minimum absolute atomic E-state index is 0.0292. The summed E-state index contributed by atoms with van der Waals surface area (Å²) < 4.78 is 27.3. The largest absolute Gasteiger partial charge is 0.329 e. The number of amides is 2. The molecule has 1 unspecified atom stereocenters. The second-order valence-electron chi connectivity index (χ2n) is 6.99. The lowest BCUT2D eigenvalue weighted by molar-refractivity contribution is -0.115. The molecule has 0 saturated carbocycles. The van der Waals surface area contributed by atoms with Crippen molar-refractivity contribution in [3.63, 3.8) is 0 Å². The number of thioether (sulfide) groups is 1. The lowest BCUT2D eigenvalue weighted by Crippen LogP contribution is -2.26. The third-order valence-corrected chi connectivity index (χ3v) is 7.20. The predicted octanol–water partition coefficient (Wildman–Crippen LogP) is 2.86. The van der Waals surface area contributed by atoms with E-state index in [4.69, 9.17) is 0 Å². The lowest BCUT2D eigenvalue weighted by atomic mass is 10.1. The van der Waals surface area contributed by atoms with E-state index in [9.17, 15) is 22.8 Å². The molecule has 4 N–H and O–H groups in total. The molecule has 1 aliphatic heterocycles. The number of hydrogen-bond acceptors (Lipinski definition) is 6. The number of carbonyl (C=O) groups excluding carboxylic acids is 2. The normalized spacial score (nSPS) is 15.4. The van der Waals surface area contributed by atoms with Gasteiger partial charge in [-0.1, -0.05) is 0 Å². The second kappa shape index (κ2) is 8.52. The molecule has 4 rings (SSSR count). The van der Waals surface area contributed by atoms with Crippen LogP contribution in [0, 0.1) is 0 Å². The van der Waals surface area contributed by atoms with Crippen LogP contribution in [-0.2, 0) is 14.8 Å². The highest BCUT2D eigenvalue weighted by Gasteiger charge is 2.24. The smallest absolute Gasteiger partial charge is 0.261 e. The third kappa shape index (κ3) is 4.68. The van der Waals surface area contributed by atoms with E-state index < -0.39 is 21.5 Å². The predicted molar refractivity (Wildman–Crippen MR) is 123 cm³/mol. The molecule has 0 bridgehead atoms. The molecule has 0 radical (unpaired) electrons. The summed E-state index contributed by atoms with van der Waals surface area (Å²) in [5.41, 5.74) is 1.04. The summed E-state index contributed by atoms with van der Waals surface area (Å²) in [4.78, 5) is 39.1. The van der Waals surface area contributed by atoms with Crippen molar-refractivity contribution in [3.05, 3.63) is 76.7 Å². The summed E-state index contributed by atoms with van der Waals surface area (Å²) in [6, 6.07) is 13.2. The van der Waals surface area contributed by atoms with Gasteiger partial charge in [-0.05, 0) is 55.5 Å². The third-order valence-electron chi connectivity index (χ3n) is 4.62. The number of aromatic amines is 1. The molecule has 9 nitrogen and oxygen atoms in total. The van der Waals surface area contributed by atoms with Gasteiger partial charge in [0.1, 0.15) is 0 Å². The van der Waals surface area contributed by atoms with Crippen LogP contribution < -0.4 is 20.9 Å². The Morgan fingerprint density at radius 3 is 2.47 bits per heavy atom. The van der Waals surface area contributed by atoms with E-state index in [1.54, 1.807) is 18.2 Å². The van der Waals surface area contributed by atoms with Crippen LogP contribution in [0.1, 0.15) is 17.3 Å². The monoisotopic (exact) mass is 470 g/mol. The Balaban J connectivity index is 1.47. The highest BCUT2D eigenvalue weighted by Crippen LogP contribution is 2.36. The van der Waals surface area contributed by atoms with Crippen molar-refractivity contribution in [2.45, 2.75) is 22.0 Å². The number of rotatable bonds is 5. The van der Waals surface area contributed by atoms with Gasteiger partial charge in [-0.25, -0.2) is 8.42 Å². The first-order valence-corrected chi connectivity index (χ1v) is 11.8. The molecule has 3 aromatic rings. The molecule has 32 heavy (non-hydrogen) atoms. The van der Waals surface area contributed by atoms with E-state index in [0.717, 1.165) is 11.0 Å². The van der Waals surface area contributed by atoms with Crippen molar-refractivity contribution < 1.29 is 18.0 Å². The van der Waals surface area contributed by atoms with E-state index in [1.807, 2.05) is 6.92 Å². The molecule has 2 amide bonds. The molecular weight excluding hydrogens is 452 g/mol. The van der Waals surface area contributed by atoms with Crippen molar-refractivity contribution >= 4 is 50.7 Å². The molecule has 1 aliphatic rings. The Bertz CT molecular complexity index is 1370. The van der Waals surface area contributed by atoms with Crippen molar-refractivity contribution in [2.24, 2.45) is 0 Å². The number of sulfonamides is 1. The van der Waals surface area contributed by atoms with E-state index in [-0.39, 0.29) is 21.7 Å². The van der Waals surface area contributed by atoms with Crippen LogP contribution in [0.25, 0.3) is 0 Å². The van der Waals surface area contributed by atoms with E-state index in [2.05, 4.69) is 20.3 Å². The first-order valence-electron chi connectivity index (χ1n) is 9.46. The quantitative estimate of drug-likeness (QED) is 0.453. The van der Waals surface area contributed by atoms with Gasteiger partial charge in [-0.3, -0.25) is 19.1 Å². The minimum atomic E-state index is -3.91. The number of fused-ring (bicyclic) bond motifs is 1. The first-order chi connectivity index (χ1) is 15.2. The standard InChI is InChI=1S/C21H18N4O5S2/c1-12-20(27)24-17-10-13(2-7-18(17)31-12)21(28)23-14-3-5-16(6-4-14)32(29,30)25-15-8-9-22-19(26)11-15/h2-12H,1H3,(H,23,28)(H,24,27)(H2,22,25,26). The molecule has 0 aliphatic carbocycles. The SMILES string of the molecule is CC1Sc2ccc(C(=O)Nc3ccc(S(=O)(=O)Nc4cc[nH]c(=O)c4)cc3)cc2NC1=O. The average molecular weight is 471 g/mol. The minimum Gasteiger partial charge on any atom is -0.329 e. The van der Waals surface area contributed by atoms with E-state index >= 15 is 0 Å². The van der Waals surface area contributed by atoms with Crippen LogP contribution in [-0.4, -0.2) is 30.5 Å². The molecule has 11 heteroatoms. The highest BCUT2D eigenvalue weighted by molar-refractivity contribution is 8.01. The fourth-order valence-electron chi connectivity index (χ4n) is 2.99. The van der Waals surface area contributed by atoms with Gasteiger partial charge in [0.15, 0.2) is 0 Å². The van der Waals surface area contributed by atoms with E-state index in [0.29, 0.717) is 16.9 Å². The second-order valence-corrected chi connectivity index (χ2v) is 10.1. The first kappa shape index (κ1) is 21.7. The molecule has 2 aromatic carbocycles. The van der Waals surface area contributed by atoms with E-state index in [1.165, 1.54) is 48.3 Å². The van der Waals surface area contributed by atoms with Gasteiger partial charge in [0.2, 0.25) is 11.5 Å². The number of carbonyl (C=O) groups is 2. The zero-order valence-electron chi connectivity index (χ0n) is 16.7. The zero-order chi connectivity index (χ0) is 22.9. The zero-order valence-corrected chi connectivity index (χ0v) is 18.3. The number of benzene rings is 2. The van der Waals surface area contributed by atoms with Gasteiger partial charge < -0.3 is 15.6 Å². The molecular formula is C21H18N4O5S2. The maximum absolute atomic E-state index is 12.6. The summed E-state index contributed by atoms with van der Waals surface area (Å²) in [6.45, 7) is 1.81.